The monoisotopic (exact) mass is 346 g/mol. The van der Waals surface area contributed by atoms with Gasteiger partial charge >= 0.3 is 14.8 Å². The van der Waals surface area contributed by atoms with E-state index in [4.69, 9.17) is 18.0 Å². The van der Waals surface area contributed by atoms with Crippen LogP contribution in [0, 0.1) is 0 Å². The number of hydrogen-bond acceptors (Lipinski definition) is 5. The number of esters is 1. The molecule has 0 radical (unpaired) electrons. The number of hydrogen-bond donors (Lipinski definition) is 0. The van der Waals surface area contributed by atoms with Gasteiger partial charge in [-0.05, 0) is 6.42 Å². The van der Waals surface area contributed by atoms with E-state index >= 15 is 0 Å². The number of unbranched alkanes of at least 4 members (excludes halogenated alkanes) is 8. The maximum Gasteiger partial charge on any atom is 0.502 e. The van der Waals surface area contributed by atoms with Gasteiger partial charge in [-0.1, -0.05) is 64.9 Å². The molecule has 23 heavy (non-hydrogen) atoms. The van der Waals surface area contributed by atoms with Crippen molar-refractivity contribution in [1.82, 2.24) is 0 Å². The summed E-state index contributed by atoms with van der Waals surface area (Å²) >= 11 is 0. The molecule has 0 aromatic carbocycles. The third-order valence-corrected chi connectivity index (χ3v) is 6.62. The van der Waals surface area contributed by atoms with Gasteiger partial charge in [0.25, 0.3) is 0 Å². The van der Waals surface area contributed by atoms with Crippen LogP contribution < -0.4 is 0 Å². The van der Waals surface area contributed by atoms with Gasteiger partial charge in [0, 0.05) is 26.3 Å². The first-order chi connectivity index (χ1) is 11.1. The van der Waals surface area contributed by atoms with E-state index in [-0.39, 0.29) is 6.79 Å². The second kappa shape index (κ2) is 14.9. The molecule has 0 bridgehead atoms. The Kier molecular flexibility index (Phi) is 14.4. The van der Waals surface area contributed by atoms with Crippen LogP contribution in [0.15, 0.2) is 12.7 Å². The van der Waals surface area contributed by atoms with Gasteiger partial charge in [0.15, 0.2) is 6.79 Å². The predicted octanol–water partition coefficient (Wildman–Crippen LogP) is 4.45. The molecule has 0 N–H and O–H groups in total. The minimum absolute atomic E-state index is 0.157. The van der Waals surface area contributed by atoms with Crippen molar-refractivity contribution < 1.29 is 22.8 Å². The van der Waals surface area contributed by atoms with E-state index in [0.29, 0.717) is 0 Å². The number of ether oxygens (including phenoxy) is 1. The van der Waals surface area contributed by atoms with E-state index in [0.717, 1.165) is 25.0 Å². The first kappa shape index (κ1) is 22.3. The van der Waals surface area contributed by atoms with Gasteiger partial charge in [-0.15, -0.1) is 0 Å². The van der Waals surface area contributed by atoms with Crippen LogP contribution >= 0.6 is 0 Å². The predicted molar refractivity (Wildman–Crippen MR) is 94.0 cm³/mol. The van der Waals surface area contributed by atoms with Crippen LogP contribution in [0.3, 0.4) is 0 Å². The zero-order valence-electron chi connectivity index (χ0n) is 15.1. The van der Waals surface area contributed by atoms with E-state index in [9.17, 15) is 4.79 Å². The molecule has 6 heteroatoms. The third-order valence-electron chi connectivity index (χ3n) is 3.86. The van der Waals surface area contributed by atoms with Crippen LogP contribution in [0.5, 0.6) is 0 Å². The minimum atomic E-state index is -2.72. The second-order valence-corrected chi connectivity index (χ2v) is 8.57. The summed E-state index contributed by atoms with van der Waals surface area (Å²) in [5, 5.41) is 0. The normalized spacial score (nSPS) is 11.4. The molecule has 0 atom stereocenters. The van der Waals surface area contributed by atoms with Gasteiger partial charge in [0.1, 0.15) is 0 Å². The molecule has 0 amide bonds. The SMILES string of the molecule is C=CC(=O)OCO[Si](CCCCCCCCCCC)(OC)OC. The molecule has 0 unspecified atom stereocenters. The first-order valence-corrected chi connectivity index (χ1v) is 10.6. The van der Waals surface area contributed by atoms with Crippen molar-refractivity contribution in [2.45, 2.75) is 70.8 Å². The Morgan fingerprint density at radius 1 is 0.957 bits per heavy atom. The highest BCUT2D eigenvalue weighted by molar-refractivity contribution is 6.60. The van der Waals surface area contributed by atoms with Crippen LogP contribution in [0.25, 0.3) is 0 Å². The summed E-state index contributed by atoms with van der Waals surface area (Å²) in [5.74, 6) is -0.511. The molecule has 136 valence electrons. The Bertz CT molecular complexity index is 305. The first-order valence-electron chi connectivity index (χ1n) is 8.67. The summed E-state index contributed by atoms with van der Waals surface area (Å²) in [5.41, 5.74) is 0. The highest BCUT2D eigenvalue weighted by Crippen LogP contribution is 2.19. The summed E-state index contributed by atoms with van der Waals surface area (Å²) in [6.07, 6.45) is 12.4. The fourth-order valence-corrected chi connectivity index (χ4v) is 4.24. The number of carbonyl (C=O) groups is 1. The molecule has 0 aliphatic heterocycles. The lowest BCUT2D eigenvalue weighted by Crippen LogP contribution is -2.44. The van der Waals surface area contributed by atoms with Crippen molar-refractivity contribution >= 4 is 14.8 Å². The Morgan fingerprint density at radius 2 is 1.48 bits per heavy atom. The van der Waals surface area contributed by atoms with E-state index in [1.807, 2.05) is 0 Å². The minimum Gasteiger partial charge on any atom is -0.436 e. The zero-order chi connectivity index (χ0) is 17.4. The average Bonchev–Trinajstić information content (AvgIpc) is 2.58. The summed E-state index contributed by atoms with van der Waals surface area (Å²) in [6.45, 7) is 5.42. The van der Waals surface area contributed by atoms with Gasteiger partial charge in [0.2, 0.25) is 0 Å². The Morgan fingerprint density at radius 3 is 1.96 bits per heavy atom. The highest BCUT2D eigenvalue weighted by atomic mass is 28.4. The number of rotatable bonds is 16. The fourth-order valence-electron chi connectivity index (χ4n) is 2.37. The molecule has 0 saturated heterocycles. The molecular formula is C17H34O5Si. The van der Waals surface area contributed by atoms with E-state index in [1.54, 1.807) is 14.2 Å². The lowest BCUT2D eigenvalue weighted by Gasteiger charge is -2.25. The number of carbonyl (C=O) groups excluding carboxylic acids is 1. The van der Waals surface area contributed by atoms with Gasteiger partial charge < -0.3 is 18.0 Å². The van der Waals surface area contributed by atoms with Gasteiger partial charge in [-0.2, -0.15) is 0 Å². The molecule has 0 heterocycles. The maximum absolute atomic E-state index is 11.0. The van der Waals surface area contributed by atoms with Crippen LogP contribution in [0.2, 0.25) is 6.04 Å². The van der Waals surface area contributed by atoms with Gasteiger partial charge in [-0.3, -0.25) is 0 Å². The van der Waals surface area contributed by atoms with E-state index < -0.39 is 14.8 Å². The molecule has 0 saturated carbocycles. The highest BCUT2D eigenvalue weighted by Gasteiger charge is 2.38. The van der Waals surface area contributed by atoms with Crippen molar-refractivity contribution in [3.63, 3.8) is 0 Å². The molecule has 0 rings (SSSR count). The molecule has 0 aliphatic carbocycles. The Labute approximate surface area is 142 Å². The fraction of sp³-hybridized carbons (Fsp3) is 0.824. The van der Waals surface area contributed by atoms with Crippen molar-refractivity contribution in [2.75, 3.05) is 21.0 Å². The lowest BCUT2D eigenvalue weighted by molar-refractivity contribution is -0.146. The zero-order valence-corrected chi connectivity index (χ0v) is 16.1. The average molecular weight is 347 g/mol. The van der Waals surface area contributed by atoms with Crippen molar-refractivity contribution in [2.24, 2.45) is 0 Å². The summed E-state index contributed by atoms with van der Waals surface area (Å²) in [6, 6.07) is 0.738. The standard InChI is InChI=1S/C17H34O5Si/c1-5-7-8-9-10-11-12-13-14-15-23(19-3,20-4)22-16-21-17(18)6-2/h6H,2,5,7-16H2,1,3-4H3. The van der Waals surface area contributed by atoms with Crippen LogP contribution in [0.4, 0.5) is 0 Å². The van der Waals surface area contributed by atoms with Crippen molar-refractivity contribution in [1.29, 1.82) is 0 Å². The summed E-state index contributed by atoms with van der Waals surface area (Å²) in [4.78, 5) is 11.0. The van der Waals surface area contributed by atoms with Crippen LogP contribution in [-0.4, -0.2) is 35.8 Å². The molecule has 0 spiro atoms. The summed E-state index contributed by atoms with van der Waals surface area (Å²) in [7, 11) is 0.444. The van der Waals surface area contributed by atoms with Crippen molar-refractivity contribution in [3.05, 3.63) is 12.7 Å². The van der Waals surface area contributed by atoms with E-state index in [2.05, 4.69) is 13.5 Å². The van der Waals surface area contributed by atoms with Crippen LogP contribution in [0.1, 0.15) is 64.7 Å². The topological polar surface area (TPSA) is 54.0 Å². The molecule has 0 fully saturated rings. The molecule has 0 aromatic heterocycles. The molecular weight excluding hydrogens is 312 g/mol. The molecule has 5 nitrogen and oxygen atoms in total. The maximum atomic E-state index is 11.0. The smallest absolute Gasteiger partial charge is 0.436 e. The largest absolute Gasteiger partial charge is 0.502 e. The third kappa shape index (κ3) is 11.5. The quantitative estimate of drug-likeness (QED) is 0.136. The summed E-state index contributed by atoms with van der Waals surface area (Å²) < 4.78 is 21.3. The lowest BCUT2D eigenvalue weighted by atomic mass is 10.1. The molecule has 0 aliphatic rings. The Hall–Kier alpha value is -0.693. The Balaban J connectivity index is 3.81. The van der Waals surface area contributed by atoms with Gasteiger partial charge in [0.05, 0.1) is 0 Å². The van der Waals surface area contributed by atoms with Gasteiger partial charge in [-0.25, -0.2) is 4.79 Å². The van der Waals surface area contributed by atoms with E-state index in [1.165, 1.54) is 44.9 Å². The molecule has 0 aromatic rings. The van der Waals surface area contributed by atoms with Crippen molar-refractivity contribution in [3.8, 4) is 0 Å². The van der Waals surface area contributed by atoms with Crippen LogP contribution in [-0.2, 0) is 22.8 Å². The second-order valence-electron chi connectivity index (χ2n) is 5.60.